The zero-order chi connectivity index (χ0) is 29.8. The Morgan fingerprint density at radius 3 is 2.29 bits per heavy atom. The van der Waals surface area contributed by atoms with Crippen LogP contribution in [0, 0.1) is 31.1 Å². The highest BCUT2D eigenvalue weighted by Gasteiger charge is 2.47. The standard InChI is InChI=1S/C33H49N7O2/c1-21-7-10-28(22(2)15-21)34-31(41)27-20-39(32(42)38-13-11-37(6)12-14-38)19-26(27)30-36-35-29(40(30)25-8-9-25)24-16-23(17-24)18-33(3,4)5/h7,10,15,23-27H,8-9,11-14,16-20H2,1-6H3,(H,34,41)/t23-,24+,26-,27-/m0/s1. The predicted molar refractivity (Wildman–Crippen MR) is 165 cm³/mol. The van der Waals surface area contributed by atoms with E-state index >= 15 is 0 Å². The highest BCUT2D eigenvalue weighted by Crippen LogP contribution is 2.49. The predicted octanol–water partition coefficient (Wildman–Crippen LogP) is 5.18. The van der Waals surface area contributed by atoms with Gasteiger partial charge in [-0.2, -0.15) is 0 Å². The fourth-order valence-corrected chi connectivity index (χ4v) is 7.40. The molecule has 2 atom stereocenters. The van der Waals surface area contributed by atoms with Crippen LogP contribution in [0.2, 0.25) is 0 Å². The molecule has 1 N–H and O–H groups in total. The molecule has 9 nitrogen and oxygen atoms in total. The monoisotopic (exact) mass is 575 g/mol. The molecule has 0 spiro atoms. The molecule has 228 valence electrons. The minimum Gasteiger partial charge on any atom is -0.326 e. The van der Waals surface area contributed by atoms with E-state index in [0.717, 1.165) is 80.7 Å². The summed E-state index contributed by atoms with van der Waals surface area (Å²) in [4.78, 5) is 33.8. The molecule has 4 fully saturated rings. The molecular formula is C33H49N7O2. The van der Waals surface area contributed by atoms with Gasteiger partial charge in [0.1, 0.15) is 11.6 Å². The molecule has 2 aliphatic carbocycles. The molecule has 0 unspecified atom stereocenters. The topological polar surface area (TPSA) is 86.6 Å². The molecular weight excluding hydrogens is 526 g/mol. The van der Waals surface area contributed by atoms with Crippen LogP contribution in [0.5, 0.6) is 0 Å². The Bertz CT molecular complexity index is 1310. The molecule has 1 aromatic carbocycles. The maximum absolute atomic E-state index is 14.0. The van der Waals surface area contributed by atoms with E-state index in [1.807, 2.05) is 28.9 Å². The first kappa shape index (κ1) is 29.1. The van der Waals surface area contributed by atoms with Crippen molar-refractivity contribution in [2.45, 2.75) is 84.6 Å². The number of carbonyl (C=O) groups excluding carboxylic acids is 2. The molecule has 9 heteroatoms. The number of benzene rings is 1. The Hall–Kier alpha value is -2.94. The van der Waals surface area contributed by atoms with Crippen LogP contribution in [0.1, 0.15) is 93.5 Å². The van der Waals surface area contributed by atoms with E-state index in [-0.39, 0.29) is 23.8 Å². The maximum Gasteiger partial charge on any atom is 0.320 e. The van der Waals surface area contributed by atoms with Crippen molar-refractivity contribution in [3.63, 3.8) is 0 Å². The molecule has 0 bridgehead atoms. The molecule has 2 aromatic rings. The van der Waals surface area contributed by atoms with Crippen LogP contribution in [0.25, 0.3) is 0 Å². The number of nitrogens with one attached hydrogen (secondary N) is 1. The number of hydrogen-bond acceptors (Lipinski definition) is 5. The number of hydrogen-bond donors (Lipinski definition) is 1. The molecule has 4 aliphatic rings. The number of rotatable bonds is 6. The first-order chi connectivity index (χ1) is 20.0. The van der Waals surface area contributed by atoms with E-state index in [4.69, 9.17) is 10.2 Å². The number of nitrogens with zero attached hydrogens (tertiary/aromatic N) is 6. The third-order valence-electron chi connectivity index (χ3n) is 9.83. The van der Waals surface area contributed by atoms with Crippen molar-refractivity contribution < 1.29 is 9.59 Å². The Morgan fingerprint density at radius 2 is 1.64 bits per heavy atom. The van der Waals surface area contributed by atoms with Gasteiger partial charge in [0.25, 0.3) is 0 Å². The summed E-state index contributed by atoms with van der Waals surface area (Å²) in [6.07, 6.45) is 5.83. The van der Waals surface area contributed by atoms with Gasteiger partial charge in [-0.3, -0.25) is 4.79 Å². The number of urea groups is 1. The van der Waals surface area contributed by atoms with E-state index in [0.29, 0.717) is 30.5 Å². The Balaban J connectivity index is 1.26. The van der Waals surface area contributed by atoms with E-state index < -0.39 is 0 Å². The lowest BCUT2D eigenvalue weighted by molar-refractivity contribution is -0.119. The van der Waals surface area contributed by atoms with Crippen LogP contribution in [0.4, 0.5) is 10.5 Å². The van der Waals surface area contributed by atoms with Crippen molar-refractivity contribution in [2.75, 3.05) is 51.6 Å². The van der Waals surface area contributed by atoms with Gasteiger partial charge >= 0.3 is 6.03 Å². The van der Waals surface area contributed by atoms with E-state index in [2.05, 4.69) is 55.6 Å². The molecule has 3 amide bonds. The van der Waals surface area contributed by atoms with Crippen LogP contribution >= 0.6 is 0 Å². The first-order valence-corrected chi connectivity index (χ1v) is 16.0. The second-order valence-corrected chi connectivity index (χ2v) is 14.8. The molecule has 2 aliphatic heterocycles. The third-order valence-corrected chi connectivity index (χ3v) is 9.83. The largest absolute Gasteiger partial charge is 0.326 e. The summed E-state index contributed by atoms with van der Waals surface area (Å²) in [5.74, 6) is 2.58. The average Bonchev–Trinajstić information content (AvgIpc) is 3.50. The van der Waals surface area contributed by atoms with Gasteiger partial charge in [0, 0.05) is 56.9 Å². The van der Waals surface area contributed by atoms with Gasteiger partial charge in [-0.25, -0.2) is 4.79 Å². The summed E-state index contributed by atoms with van der Waals surface area (Å²) in [6, 6.07) is 6.55. The zero-order valence-corrected chi connectivity index (χ0v) is 26.4. The number of anilines is 1. The van der Waals surface area contributed by atoms with Gasteiger partial charge in [0.2, 0.25) is 5.91 Å². The molecule has 2 saturated carbocycles. The van der Waals surface area contributed by atoms with Gasteiger partial charge in [-0.1, -0.05) is 38.5 Å². The molecule has 3 heterocycles. The van der Waals surface area contributed by atoms with Crippen LogP contribution in [0.15, 0.2) is 18.2 Å². The van der Waals surface area contributed by atoms with Gasteiger partial charge in [0.05, 0.1) is 11.8 Å². The maximum atomic E-state index is 14.0. The van der Waals surface area contributed by atoms with Crippen molar-refractivity contribution in [2.24, 2.45) is 17.3 Å². The second kappa shape index (κ2) is 11.3. The van der Waals surface area contributed by atoms with E-state index in [1.54, 1.807) is 0 Å². The quantitative estimate of drug-likeness (QED) is 0.513. The summed E-state index contributed by atoms with van der Waals surface area (Å²) < 4.78 is 2.39. The molecule has 1 aromatic heterocycles. The van der Waals surface area contributed by atoms with E-state index in [9.17, 15) is 9.59 Å². The molecule has 0 radical (unpaired) electrons. The SMILES string of the molecule is Cc1ccc(NC(=O)[C@H]2CN(C(=O)N3CCN(C)CC3)C[C@@H]2c2nnc([C@H]3C[C@@H](CC(C)(C)C)C3)n2C2CC2)c(C)c1. The third kappa shape index (κ3) is 6.08. The summed E-state index contributed by atoms with van der Waals surface area (Å²) >= 11 is 0. The van der Waals surface area contributed by atoms with Crippen molar-refractivity contribution in [3.8, 4) is 0 Å². The first-order valence-electron chi connectivity index (χ1n) is 16.0. The van der Waals surface area contributed by atoms with Crippen molar-refractivity contribution in [3.05, 3.63) is 41.0 Å². The van der Waals surface area contributed by atoms with Crippen molar-refractivity contribution >= 4 is 17.6 Å². The fraction of sp³-hybridized carbons (Fsp3) is 0.697. The Morgan fingerprint density at radius 1 is 0.952 bits per heavy atom. The van der Waals surface area contributed by atoms with Crippen molar-refractivity contribution in [1.82, 2.24) is 29.5 Å². The van der Waals surface area contributed by atoms with Gasteiger partial charge in [-0.05, 0) is 76.0 Å². The normalized spacial score (nSPS) is 26.8. The smallest absolute Gasteiger partial charge is 0.320 e. The van der Waals surface area contributed by atoms with Crippen LogP contribution < -0.4 is 5.32 Å². The number of aryl methyl sites for hydroxylation is 2. The number of aromatic nitrogens is 3. The minimum atomic E-state index is -0.383. The molecule has 42 heavy (non-hydrogen) atoms. The minimum absolute atomic E-state index is 0.0386. The van der Waals surface area contributed by atoms with E-state index in [1.165, 1.54) is 12.0 Å². The van der Waals surface area contributed by atoms with Crippen LogP contribution in [-0.2, 0) is 4.79 Å². The lowest BCUT2D eigenvalue weighted by atomic mass is 9.68. The lowest BCUT2D eigenvalue weighted by Gasteiger charge is -2.38. The van der Waals surface area contributed by atoms with Crippen LogP contribution in [0.3, 0.4) is 0 Å². The number of amides is 3. The molecule has 2 saturated heterocycles. The summed E-state index contributed by atoms with van der Waals surface area (Å²) in [5.41, 5.74) is 3.38. The van der Waals surface area contributed by atoms with Gasteiger partial charge < -0.3 is 24.6 Å². The highest BCUT2D eigenvalue weighted by atomic mass is 16.2. The summed E-state index contributed by atoms with van der Waals surface area (Å²) in [5, 5.41) is 12.8. The summed E-state index contributed by atoms with van der Waals surface area (Å²) in [6.45, 7) is 15.1. The highest BCUT2D eigenvalue weighted by molar-refractivity contribution is 5.95. The van der Waals surface area contributed by atoms with Gasteiger partial charge in [0.15, 0.2) is 0 Å². The van der Waals surface area contributed by atoms with Crippen molar-refractivity contribution in [1.29, 1.82) is 0 Å². The zero-order valence-electron chi connectivity index (χ0n) is 26.4. The number of likely N-dealkylation sites (tertiary alicyclic amines) is 1. The van der Waals surface area contributed by atoms with Gasteiger partial charge in [-0.15, -0.1) is 10.2 Å². The lowest BCUT2D eigenvalue weighted by Crippen LogP contribution is -2.51. The number of likely N-dealkylation sites (N-methyl/N-ethyl adjacent to an activating group) is 1. The fourth-order valence-electron chi connectivity index (χ4n) is 7.40. The number of carbonyl (C=O) groups is 2. The van der Waals surface area contributed by atoms with Crippen LogP contribution in [-0.4, -0.2) is 87.7 Å². The average molecular weight is 576 g/mol. The molecule has 6 rings (SSSR count). The second-order valence-electron chi connectivity index (χ2n) is 14.8. The Labute approximate surface area is 251 Å². The Kier molecular flexibility index (Phi) is 7.83. The summed E-state index contributed by atoms with van der Waals surface area (Å²) in [7, 11) is 2.09. The number of piperazine rings is 1.